The highest BCUT2D eigenvalue weighted by Gasteiger charge is 2.06. The van der Waals surface area contributed by atoms with Crippen molar-refractivity contribution in [1.29, 1.82) is 0 Å². The molecule has 0 fully saturated rings. The van der Waals surface area contributed by atoms with Crippen molar-refractivity contribution in [2.45, 2.75) is 6.54 Å². The molecule has 0 amide bonds. The molecule has 82 valence electrons. The number of benzene rings is 1. The van der Waals surface area contributed by atoms with E-state index in [-0.39, 0.29) is 17.4 Å². The van der Waals surface area contributed by atoms with Crippen LogP contribution in [-0.2, 0) is 6.54 Å². The molecule has 5 heteroatoms. The molecule has 0 spiro atoms. The maximum absolute atomic E-state index is 12.9. The van der Waals surface area contributed by atoms with E-state index in [2.05, 4.69) is 11.6 Å². The van der Waals surface area contributed by atoms with Crippen LogP contribution >= 0.6 is 0 Å². The quantitative estimate of drug-likeness (QED) is 0.768. The Hall–Kier alpha value is -2.17. The number of halogens is 1. The van der Waals surface area contributed by atoms with Gasteiger partial charge in [0.2, 0.25) is 0 Å². The van der Waals surface area contributed by atoms with Gasteiger partial charge in [0.25, 0.3) is 5.56 Å². The van der Waals surface area contributed by atoms with Gasteiger partial charge in [0, 0.05) is 6.54 Å². The molecule has 1 aromatic heterocycles. The van der Waals surface area contributed by atoms with Gasteiger partial charge in [-0.25, -0.2) is 9.18 Å². The zero-order valence-corrected chi connectivity index (χ0v) is 8.37. The lowest BCUT2D eigenvalue weighted by Gasteiger charge is -2.03. The van der Waals surface area contributed by atoms with Gasteiger partial charge in [-0.05, 0) is 18.2 Å². The third kappa shape index (κ3) is 1.56. The highest BCUT2D eigenvalue weighted by molar-refractivity contribution is 5.77. The largest absolute Gasteiger partial charge is 0.329 e. The van der Waals surface area contributed by atoms with Gasteiger partial charge in [-0.15, -0.1) is 6.58 Å². The molecular weight excluding hydrogens is 211 g/mol. The molecule has 1 aromatic carbocycles. The van der Waals surface area contributed by atoms with Crippen molar-refractivity contribution in [2.24, 2.45) is 0 Å². The van der Waals surface area contributed by atoms with Gasteiger partial charge >= 0.3 is 5.69 Å². The maximum Gasteiger partial charge on any atom is 0.329 e. The van der Waals surface area contributed by atoms with Crippen LogP contribution in [0.5, 0.6) is 0 Å². The molecule has 0 unspecified atom stereocenters. The summed E-state index contributed by atoms with van der Waals surface area (Å²) in [6.45, 7) is 3.59. The third-order valence-corrected chi connectivity index (χ3v) is 2.26. The molecule has 2 rings (SSSR count). The van der Waals surface area contributed by atoms with Crippen molar-refractivity contribution in [1.82, 2.24) is 9.55 Å². The predicted octanol–water partition coefficient (Wildman–Crippen LogP) is 1.01. The van der Waals surface area contributed by atoms with Gasteiger partial charge in [0.1, 0.15) is 5.82 Å². The zero-order valence-electron chi connectivity index (χ0n) is 8.37. The van der Waals surface area contributed by atoms with Crippen LogP contribution in [0.2, 0.25) is 0 Å². The topological polar surface area (TPSA) is 54.9 Å². The van der Waals surface area contributed by atoms with Crippen molar-refractivity contribution < 1.29 is 4.39 Å². The predicted molar refractivity (Wildman–Crippen MR) is 59.0 cm³/mol. The highest BCUT2D eigenvalue weighted by atomic mass is 19.1. The molecule has 2 aromatic rings. The van der Waals surface area contributed by atoms with E-state index in [1.165, 1.54) is 18.2 Å². The van der Waals surface area contributed by atoms with E-state index >= 15 is 0 Å². The van der Waals surface area contributed by atoms with Crippen LogP contribution < -0.4 is 11.2 Å². The number of fused-ring (bicyclic) bond motifs is 1. The van der Waals surface area contributed by atoms with Gasteiger partial charge in [-0.1, -0.05) is 6.08 Å². The number of rotatable bonds is 2. The van der Waals surface area contributed by atoms with E-state index < -0.39 is 17.1 Å². The average molecular weight is 220 g/mol. The Morgan fingerprint density at radius 1 is 1.44 bits per heavy atom. The first-order valence-electron chi connectivity index (χ1n) is 4.67. The lowest BCUT2D eigenvalue weighted by molar-refractivity contribution is 0.628. The summed E-state index contributed by atoms with van der Waals surface area (Å²) in [6, 6.07) is 3.65. The molecule has 4 nitrogen and oxygen atoms in total. The van der Waals surface area contributed by atoms with Gasteiger partial charge in [-0.2, -0.15) is 0 Å². The van der Waals surface area contributed by atoms with Crippen molar-refractivity contribution in [3.63, 3.8) is 0 Å². The van der Waals surface area contributed by atoms with E-state index in [1.54, 1.807) is 0 Å². The summed E-state index contributed by atoms with van der Waals surface area (Å²) >= 11 is 0. The Morgan fingerprint density at radius 3 is 2.88 bits per heavy atom. The molecule has 16 heavy (non-hydrogen) atoms. The average Bonchev–Trinajstić information content (AvgIpc) is 2.23. The first-order valence-corrected chi connectivity index (χ1v) is 4.67. The molecule has 0 radical (unpaired) electrons. The van der Waals surface area contributed by atoms with Crippen LogP contribution in [0.4, 0.5) is 4.39 Å². The molecule has 0 saturated heterocycles. The molecule has 0 bridgehead atoms. The first kappa shape index (κ1) is 10.4. The van der Waals surface area contributed by atoms with Crippen LogP contribution in [0.25, 0.3) is 10.9 Å². The van der Waals surface area contributed by atoms with Crippen LogP contribution in [-0.4, -0.2) is 9.55 Å². The lowest BCUT2D eigenvalue weighted by Crippen LogP contribution is -2.34. The van der Waals surface area contributed by atoms with Gasteiger partial charge in [-0.3, -0.25) is 9.36 Å². The van der Waals surface area contributed by atoms with Crippen molar-refractivity contribution in [3.8, 4) is 0 Å². The van der Waals surface area contributed by atoms with Crippen LogP contribution in [0.1, 0.15) is 0 Å². The number of aromatic nitrogens is 2. The van der Waals surface area contributed by atoms with E-state index in [4.69, 9.17) is 0 Å². The number of nitrogens with one attached hydrogen (secondary N) is 1. The summed E-state index contributed by atoms with van der Waals surface area (Å²) in [6.07, 6.45) is 1.45. The smallest absolute Gasteiger partial charge is 0.307 e. The third-order valence-electron chi connectivity index (χ3n) is 2.26. The molecule has 0 aliphatic heterocycles. The van der Waals surface area contributed by atoms with E-state index in [9.17, 15) is 14.0 Å². The second kappa shape index (κ2) is 3.77. The fourth-order valence-electron chi connectivity index (χ4n) is 1.52. The van der Waals surface area contributed by atoms with Crippen LogP contribution in [0.3, 0.4) is 0 Å². The normalized spacial score (nSPS) is 10.6. The summed E-state index contributed by atoms with van der Waals surface area (Å²) in [4.78, 5) is 25.8. The molecule has 0 atom stereocenters. The first-order chi connectivity index (χ1) is 7.63. The summed E-state index contributed by atoms with van der Waals surface area (Å²) in [5, 5.41) is 0.280. The Kier molecular flexibility index (Phi) is 2.44. The number of hydrogen-bond acceptors (Lipinski definition) is 2. The molecule has 1 heterocycles. The van der Waals surface area contributed by atoms with E-state index in [0.717, 1.165) is 10.6 Å². The van der Waals surface area contributed by atoms with Gasteiger partial charge in [0.15, 0.2) is 0 Å². The second-order valence-corrected chi connectivity index (χ2v) is 3.32. The number of allylic oxidation sites excluding steroid dienone is 1. The number of H-pyrrole nitrogens is 1. The Labute approximate surface area is 89.7 Å². The summed E-state index contributed by atoms with van der Waals surface area (Å²) in [5.41, 5.74) is -0.808. The molecular formula is C11H9FN2O2. The fraction of sp³-hybridized carbons (Fsp3) is 0.0909. The minimum Gasteiger partial charge on any atom is -0.307 e. The standard InChI is InChI=1S/C11H9FN2O2/c1-2-5-14-10(15)8-4-3-7(12)6-9(8)13-11(14)16/h2-4,6H,1,5H2,(H,13,16). The molecule has 0 aliphatic rings. The molecule has 0 saturated carbocycles. The van der Waals surface area contributed by atoms with Crippen LogP contribution in [0, 0.1) is 5.82 Å². The second-order valence-electron chi connectivity index (χ2n) is 3.32. The number of aromatic amines is 1. The minimum atomic E-state index is -0.567. The van der Waals surface area contributed by atoms with Crippen molar-refractivity contribution >= 4 is 10.9 Å². The Bertz CT molecular complexity index is 670. The number of nitrogens with zero attached hydrogens (tertiary/aromatic N) is 1. The fourth-order valence-corrected chi connectivity index (χ4v) is 1.52. The van der Waals surface area contributed by atoms with Crippen molar-refractivity contribution in [2.75, 3.05) is 0 Å². The van der Waals surface area contributed by atoms with Crippen LogP contribution in [0.15, 0.2) is 40.4 Å². The lowest BCUT2D eigenvalue weighted by atomic mass is 10.2. The Balaban J connectivity index is 2.89. The molecule has 1 N–H and O–H groups in total. The Morgan fingerprint density at radius 2 is 2.19 bits per heavy atom. The summed E-state index contributed by atoms with van der Waals surface area (Å²) < 4.78 is 13.9. The number of hydrogen-bond donors (Lipinski definition) is 1. The maximum atomic E-state index is 12.9. The van der Waals surface area contributed by atoms with E-state index in [1.807, 2.05) is 0 Å². The monoisotopic (exact) mass is 220 g/mol. The minimum absolute atomic E-state index is 0.126. The van der Waals surface area contributed by atoms with Gasteiger partial charge < -0.3 is 4.98 Å². The zero-order chi connectivity index (χ0) is 11.7. The van der Waals surface area contributed by atoms with Gasteiger partial charge in [0.05, 0.1) is 10.9 Å². The summed E-state index contributed by atoms with van der Waals surface area (Å²) in [7, 11) is 0. The molecule has 0 aliphatic carbocycles. The summed E-state index contributed by atoms with van der Waals surface area (Å²) in [5.74, 6) is -0.496. The van der Waals surface area contributed by atoms with Crippen molar-refractivity contribution in [3.05, 3.63) is 57.5 Å². The SMILES string of the molecule is C=CCn1c(=O)[nH]c2cc(F)ccc2c1=O. The van der Waals surface area contributed by atoms with E-state index in [0.29, 0.717) is 0 Å². The highest BCUT2D eigenvalue weighted by Crippen LogP contribution is 2.07.